The second-order valence-corrected chi connectivity index (χ2v) is 6.63. The summed E-state index contributed by atoms with van der Waals surface area (Å²) in [6.45, 7) is 4.83. The van der Waals surface area contributed by atoms with Crippen molar-refractivity contribution in [3.8, 4) is 0 Å². The van der Waals surface area contributed by atoms with E-state index in [0.717, 1.165) is 44.0 Å². The molecule has 5 heteroatoms. The number of nitrogens with two attached hydrogens (primary N) is 1. The summed E-state index contributed by atoms with van der Waals surface area (Å²) < 4.78 is 0. The van der Waals surface area contributed by atoms with Gasteiger partial charge in [-0.3, -0.25) is 4.90 Å². The normalized spacial score (nSPS) is 15.2. The molecule has 2 amide bonds. The molecule has 5 nitrogen and oxygen atoms in total. The zero-order chi connectivity index (χ0) is 17.6. The van der Waals surface area contributed by atoms with Crippen molar-refractivity contribution in [2.45, 2.75) is 13.1 Å². The average molecular weight is 338 g/mol. The first kappa shape index (κ1) is 17.3. The third-order valence-corrected chi connectivity index (χ3v) is 4.59. The number of amides is 2. The summed E-state index contributed by atoms with van der Waals surface area (Å²) >= 11 is 0. The molecule has 0 bridgehead atoms. The highest BCUT2D eigenvalue weighted by atomic mass is 16.2. The molecule has 2 aromatic rings. The molecule has 0 spiro atoms. The highest BCUT2D eigenvalue weighted by Crippen LogP contribution is 2.13. The Bertz CT molecular complexity index is 696. The van der Waals surface area contributed by atoms with E-state index >= 15 is 0 Å². The molecule has 0 radical (unpaired) electrons. The van der Waals surface area contributed by atoms with Crippen LogP contribution in [0.15, 0.2) is 54.6 Å². The van der Waals surface area contributed by atoms with Gasteiger partial charge in [0.05, 0.1) is 0 Å². The first-order valence-corrected chi connectivity index (χ1v) is 8.72. The predicted molar refractivity (Wildman–Crippen MR) is 101 cm³/mol. The van der Waals surface area contributed by atoms with Gasteiger partial charge in [-0.15, -0.1) is 0 Å². The number of benzene rings is 2. The van der Waals surface area contributed by atoms with Gasteiger partial charge in [-0.25, -0.2) is 4.79 Å². The Kier molecular flexibility index (Phi) is 5.56. The number of rotatable bonds is 4. The Hall–Kier alpha value is -2.53. The number of hydrogen-bond acceptors (Lipinski definition) is 3. The minimum Gasteiger partial charge on any atom is -0.399 e. The minimum atomic E-state index is 0.104. The van der Waals surface area contributed by atoms with Gasteiger partial charge in [0.25, 0.3) is 0 Å². The largest absolute Gasteiger partial charge is 0.399 e. The fraction of sp³-hybridized carbons (Fsp3) is 0.350. The van der Waals surface area contributed by atoms with Gasteiger partial charge in [-0.2, -0.15) is 0 Å². The number of nitrogen functional groups attached to an aromatic ring is 1. The van der Waals surface area contributed by atoms with Crippen molar-refractivity contribution in [1.82, 2.24) is 14.7 Å². The van der Waals surface area contributed by atoms with Crippen molar-refractivity contribution >= 4 is 11.7 Å². The van der Waals surface area contributed by atoms with Gasteiger partial charge >= 0.3 is 6.03 Å². The van der Waals surface area contributed by atoms with Crippen molar-refractivity contribution in [3.63, 3.8) is 0 Å². The maximum Gasteiger partial charge on any atom is 0.320 e. The van der Waals surface area contributed by atoms with Crippen LogP contribution < -0.4 is 5.73 Å². The Balaban J connectivity index is 1.49. The summed E-state index contributed by atoms with van der Waals surface area (Å²) in [5, 5.41) is 0. The van der Waals surface area contributed by atoms with Gasteiger partial charge < -0.3 is 15.5 Å². The number of piperazine rings is 1. The van der Waals surface area contributed by atoms with Crippen molar-refractivity contribution in [2.24, 2.45) is 0 Å². The average Bonchev–Trinajstić information content (AvgIpc) is 2.62. The molecular formula is C20H26N4O. The van der Waals surface area contributed by atoms with Gasteiger partial charge in [0, 0.05) is 52.0 Å². The van der Waals surface area contributed by atoms with E-state index in [1.54, 1.807) is 4.90 Å². The molecule has 0 aromatic heterocycles. The van der Waals surface area contributed by atoms with Crippen molar-refractivity contribution in [1.29, 1.82) is 0 Å². The van der Waals surface area contributed by atoms with Crippen LogP contribution in [0.4, 0.5) is 10.5 Å². The van der Waals surface area contributed by atoms with Crippen LogP contribution in [0.2, 0.25) is 0 Å². The summed E-state index contributed by atoms with van der Waals surface area (Å²) in [6.07, 6.45) is 0. The third-order valence-electron chi connectivity index (χ3n) is 4.59. The molecule has 0 aliphatic carbocycles. The third kappa shape index (κ3) is 4.73. The smallest absolute Gasteiger partial charge is 0.320 e. The number of carbonyl (C=O) groups excluding carboxylic acids is 1. The van der Waals surface area contributed by atoms with Gasteiger partial charge in [-0.05, 0) is 23.3 Å². The monoisotopic (exact) mass is 338 g/mol. The fourth-order valence-electron chi connectivity index (χ4n) is 3.21. The van der Waals surface area contributed by atoms with Crippen LogP contribution in [-0.2, 0) is 13.1 Å². The molecule has 1 aliphatic rings. The Morgan fingerprint density at radius 1 is 1.00 bits per heavy atom. The molecule has 3 rings (SSSR count). The van der Waals surface area contributed by atoms with Crippen LogP contribution in [0.3, 0.4) is 0 Å². The lowest BCUT2D eigenvalue weighted by atomic mass is 10.2. The molecule has 1 fully saturated rings. The summed E-state index contributed by atoms with van der Waals surface area (Å²) in [5.74, 6) is 0. The molecule has 0 atom stereocenters. The van der Waals surface area contributed by atoms with Crippen LogP contribution in [0, 0.1) is 0 Å². The van der Waals surface area contributed by atoms with Gasteiger partial charge in [0.2, 0.25) is 0 Å². The second-order valence-electron chi connectivity index (χ2n) is 6.63. The number of urea groups is 1. The van der Waals surface area contributed by atoms with Crippen molar-refractivity contribution in [2.75, 3.05) is 39.0 Å². The lowest BCUT2D eigenvalue weighted by Crippen LogP contribution is -2.51. The second kappa shape index (κ2) is 8.03. The van der Waals surface area contributed by atoms with Crippen molar-refractivity contribution in [3.05, 3.63) is 65.7 Å². The van der Waals surface area contributed by atoms with E-state index < -0.39 is 0 Å². The summed E-state index contributed by atoms with van der Waals surface area (Å²) in [6, 6.07) is 18.2. The first-order valence-electron chi connectivity index (χ1n) is 8.72. The van der Waals surface area contributed by atoms with E-state index in [1.165, 1.54) is 5.56 Å². The lowest BCUT2D eigenvalue weighted by Gasteiger charge is -2.36. The topological polar surface area (TPSA) is 52.8 Å². The van der Waals surface area contributed by atoms with E-state index in [4.69, 9.17) is 5.73 Å². The molecular weight excluding hydrogens is 312 g/mol. The van der Waals surface area contributed by atoms with E-state index in [-0.39, 0.29) is 6.03 Å². The summed E-state index contributed by atoms with van der Waals surface area (Å²) in [7, 11) is 1.87. The lowest BCUT2D eigenvalue weighted by molar-refractivity contribution is 0.114. The van der Waals surface area contributed by atoms with E-state index in [0.29, 0.717) is 6.54 Å². The molecule has 0 unspecified atom stereocenters. The molecule has 1 heterocycles. The number of nitrogens with zero attached hydrogens (tertiary/aromatic N) is 3. The van der Waals surface area contributed by atoms with Gasteiger partial charge in [0.15, 0.2) is 0 Å². The number of carbonyl (C=O) groups is 1. The molecule has 2 N–H and O–H groups in total. The van der Waals surface area contributed by atoms with E-state index in [2.05, 4.69) is 11.0 Å². The van der Waals surface area contributed by atoms with Crippen LogP contribution in [0.5, 0.6) is 0 Å². The first-order chi connectivity index (χ1) is 12.1. The Morgan fingerprint density at radius 2 is 1.68 bits per heavy atom. The van der Waals surface area contributed by atoms with Gasteiger partial charge in [0.1, 0.15) is 0 Å². The minimum absolute atomic E-state index is 0.104. The molecule has 0 saturated carbocycles. The predicted octanol–water partition coefficient (Wildman–Crippen LogP) is 2.64. The molecule has 1 saturated heterocycles. The summed E-state index contributed by atoms with van der Waals surface area (Å²) in [5.41, 5.74) is 9.02. The van der Waals surface area contributed by atoms with E-state index in [1.807, 2.05) is 60.5 Å². The zero-order valence-corrected chi connectivity index (χ0v) is 14.8. The van der Waals surface area contributed by atoms with Crippen LogP contribution in [0.25, 0.3) is 0 Å². The number of anilines is 1. The molecule has 25 heavy (non-hydrogen) atoms. The maximum absolute atomic E-state index is 12.6. The Morgan fingerprint density at radius 3 is 2.36 bits per heavy atom. The molecule has 132 valence electrons. The van der Waals surface area contributed by atoms with Crippen LogP contribution >= 0.6 is 0 Å². The fourth-order valence-corrected chi connectivity index (χ4v) is 3.21. The van der Waals surface area contributed by atoms with Crippen LogP contribution in [0.1, 0.15) is 11.1 Å². The highest BCUT2D eigenvalue weighted by molar-refractivity contribution is 5.74. The highest BCUT2D eigenvalue weighted by Gasteiger charge is 2.23. The van der Waals surface area contributed by atoms with Gasteiger partial charge in [-0.1, -0.05) is 42.5 Å². The Labute approximate surface area is 149 Å². The van der Waals surface area contributed by atoms with E-state index in [9.17, 15) is 4.79 Å². The quantitative estimate of drug-likeness (QED) is 0.872. The maximum atomic E-state index is 12.6. The molecule has 2 aromatic carbocycles. The number of hydrogen-bond donors (Lipinski definition) is 1. The SMILES string of the molecule is CN(Cc1ccccc1)C(=O)N1CCN(Cc2cccc(N)c2)CC1. The zero-order valence-electron chi connectivity index (χ0n) is 14.8. The molecule has 1 aliphatic heterocycles. The van der Waals surface area contributed by atoms with Crippen molar-refractivity contribution < 1.29 is 4.79 Å². The van der Waals surface area contributed by atoms with Crippen LogP contribution in [-0.4, -0.2) is 54.0 Å². The summed E-state index contributed by atoms with van der Waals surface area (Å²) in [4.78, 5) is 18.7. The standard InChI is InChI=1S/C20H26N4O/c1-22(15-17-6-3-2-4-7-17)20(25)24-12-10-23(11-13-24)16-18-8-5-9-19(21)14-18/h2-9,14H,10-13,15-16,21H2,1H3.